The maximum absolute atomic E-state index is 6.30. The van der Waals surface area contributed by atoms with E-state index < -0.39 is 0 Å². The van der Waals surface area contributed by atoms with Crippen LogP contribution in [0.2, 0.25) is 0 Å². The average molecular weight is 485 g/mol. The first-order valence-corrected chi connectivity index (χ1v) is 13.8. The predicted molar refractivity (Wildman–Crippen MR) is 134 cm³/mol. The molecule has 3 fully saturated rings. The van der Waals surface area contributed by atoms with Crippen molar-refractivity contribution in [1.29, 1.82) is 0 Å². The van der Waals surface area contributed by atoms with Crippen molar-refractivity contribution in [3.63, 3.8) is 0 Å². The smallest absolute Gasteiger partial charge is 0.0840 e. The van der Waals surface area contributed by atoms with Gasteiger partial charge in [0, 0.05) is 0 Å². The summed E-state index contributed by atoms with van der Waals surface area (Å²) in [6.07, 6.45) is 7.08. The van der Waals surface area contributed by atoms with Gasteiger partial charge in [0.1, 0.15) is 0 Å². The van der Waals surface area contributed by atoms with E-state index in [2.05, 4.69) is 41.5 Å². The first kappa shape index (κ1) is 28.3. The Labute approximate surface area is 208 Å². The van der Waals surface area contributed by atoms with Crippen LogP contribution in [0.15, 0.2) is 0 Å². The van der Waals surface area contributed by atoms with Gasteiger partial charge in [-0.3, -0.25) is 0 Å². The van der Waals surface area contributed by atoms with Gasteiger partial charge < -0.3 is 28.4 Å². The van der Waals surface area contributed by atoms with Gasteiger partial charge in [0.25, 0.3) is 0 Å². The highest BCUT2D eigenvalue weighted by atomic mass is 16.6. The molecule has 200 valence electrons. The van der Waals surface area contributed by atoms with E-state index in [0.29, 0.717) is 75.5 Å². The summed E-state index contributed by atoms with van der Waals surface area (Å²) in [4.78, 5) is 0. The second-order valence-corrected chi connectivity index (χ2v) is 12.6. The molecule has 2 aliphatic carbocycles. The van der Waals surface area contributed by atoms with E-state index in [9.17, 15) is 0 Å². The summed E-state index contributed by atoms with van der Waals surface area (Å²) in [6, 6.07) is 0. The molecule has 0 radical (unpaired) electrons. The molecule has 6 nitrogen and oxygen atoms in total. The van der Waals surface area contributed by atoms with Gasteiger partial charge in [-0.2, -0.15) is 0 Å². The zero-order valence-corrected chi connectivity index (χ0v) is 22.8. The zero-order chi connectivity index (χ0) is 24.6. The third-order valence-electron chi connectivity index (χ3n) is 8.15. The molecule has 0 unspecified atom stereocenters. The first-order valence-electron chi connectivity index (χ1n) is 13.8. The van der Waals surface area contributed by atoms with E-state index in [1.165, 1.54) is 12.8 Å². The Bertz CT molecular complexity index is 520. The van der Waals surface area contributed by atoms with Gasteiger partial charge in [-0.1, -0.05) is 41.5 Å². The number of fused-ring (bicyclic) bond motifs is 2. The maximum atomic E-state index is 6.30. The van der Waals surface area contributed by atoms with E-state index in [0.717, 1.165) is 25.7 Å². The van der Waals surface area contributed by atoms with Gasteiger partial charge >= 0.3 is 0 Å². The number of hydrogen-bond donors (Lipinski definition) is 0. The first-order chi connectivity index (χ1) is 16.1. The molecule has 3 aliphatic rings. The minimum atomic E-state index is 0.123. The summed E-state index contributed by atoms with van der Waals surface area (Å²) in [5.74, 6) is 1.30. The SMILES string of the molecule is CC(C)(C)[C@@H]1CC[C@@H]2OCCOCCO[C@@H]3CC[C@H](C(C)(C)C)C[C@H]3OCCOCCO[C@@H]2C1. The fourth-order valence-corrected chi connectivity index (χ4v) is 5.75. The molecule has 0 aromatic carbocycles. The Morgan fingerprint density at radius 2 is 0.735 bits per heavy atom. The number of rotatable bonds is 0. The highest BCUT2D eigenvalue weighted by molar-refractivity contribution is 4.88. The average Bonchev–Trinajstić information content (AvgIpc) is 2.77. The lowest BCUT2D eigenvalue weighted by molar-refractivity contribution is -0.142. The van der Waals surface area contributed by atoms with Crippen molar-refractivity contribution in [1.82, 2.24) is 0 Å². The summed E-state index contributed by atoms with van der Waals surface area (Å²) in [5.41, 5.74) is 0.584. The van der Waals surface area contributed by atoms with Crippen molar-refractivity contribution in [2.24, 2.45) is 22.7 Å². The molecule has 1 aliphatic heterocycles. The Hall–Kier alpha value is -0.240. The molecule has 6 atom stereocenters. The summed E-state index contributed by atoms with van der Waals surface area (Å²) in [5, 5.41) is 0. The molecule has 1 saturated heterocycles. The van der Waals surface area contributed by atoms with Crippen LogP contribution in [0.1, 0.15) is 80.1 Å². The van der Waals surface area contributed by atoms with Crippen LogP contribution in [0.25, 0.3) is 0 Å². The van der Waals surface area contributed by atoms with E-state index >= 15 is 0 Å². The molecule has 0 aromatic heterocycles. The summed E-state index contributed by atoms with van der Waals surface area (Å²) in [6.45, 7) is 18.8. The number of hydrogen-bond acceptors (Lipinski definition) is 6. The molecular weight excluding hydrogens is 432 g/mol. The molecule has 0 bridgehead atoms. The number of ether oxygens (including phenoxy) is 6. The molecule has 0 spiro atoms. The van der Waals surface area contributed by atoms with Gasteiger partial charge in [0.2, 0.25) is 0 Å². The van der Waals surface area contributed by atoms with Gasteiger partial charge in [0.05, 0.1) is 77.3 Å². The quantitative estimate of drug-likeness (QED) is 0.467. The molecule has 34 heavy (non-hydrogen) atoms. The van der Waals surface area contributed by atoms with E-state index in [1.54, 1.807) is 0 Å². The van der Waals surface area contributed by atoms with Gasteiger partial charge in [-0.25, -0.2) is 0 Å². The molecule has 3 rings (SSSR count). The van der Waals surface area contributed by atoms with Gasteiger partial charge in [-0.05, 0) is 61.2 Å². The second kappa shape index (κ2) is 13.3. The van der Waals surface area contributed by atoms with Crippen molar-refractivity contribution in [2.75, 3.05) is 52.9 Å². The Morgan fingerprint density at radius 1 is 0.412 bits per heavy atom. The maximum Gasteiger partial charge on any atom is 0.0840 e. The minimum Gasteiger partial charge on any atom is -0.377 e. The topological polar surface area (TPSA) is 55.4 Å². The van der Waals surface area contributed by atoms with E-state index in [-0.39, 0.29) is 24.4 Å². The lowest BCUT2D eigenvalue weighted by atomic mass is 9.71. The fraction of sp³-hybridized carbons (Fsp3) is 1.00. The standard InChI is InChI=1S/C28H52O6/c1-27(2,3)21-7-9-23-25(19-21)33-17-13-30-14-18-34-26-20-22(28(4,5)6)8-10-24(26)32-16-12-29-11-15-31-23/h21-26H,7-20H2,1-6H3/t21-,22+,23+,24-,25-,26-/m1/s1. The Morgan fingerprint density at radius 3 is 1.06 bits per heavy atom. The lowest BCUT2D eigenvalue weighted by Crippen LogP contribution is -2.43. The monoisotopic (exact) mass is 484 g/mol. The highest BCUT2D eigenvalue weighted by Crippen LogP contribution is 2.41. The van der Waals surface area contributed by atoms with Crippen LogP contribution in [0, 0.1) is 22.7 Å². The van der Waals surface area contributed by atoms with Crippen molar-refractivity contribution in [3.8, 4) is 0 Å². The summed E-state index contributed by atoms with van der Waals surface area (Å²) in [7, 11) is 0. The Balaban J connectivity index is 1.52. The van der Waals surface area contributed by atoms with Crippen molar-refractivity contribution >= 4 is 0 Å². The van der Waals surface area contributed by atoms with Crippen molar-refractivity contribution in [2.45, 2.75) is 104 Å². The third kappa shape index (κ3) is 9.01. The van der Waals surface area contributed by atoms with Crippen LogP contribution in [-0.2, 0) is 28.4 Å². The largest absolute Gasteiger partial charge is 0.377 e. The molecule has 0 N–H and O–H groups in total. The second-order valence-electron chi connectivity index (χ2n) is 12.6. The van der Waals surface area contributed by atoms with Gasteiger partial charge in [0.15, 0.2) is 0 Å². The summed E-state index contributed by atoms with van der Waals surface area (Å²) < 4.78 is 36.8. The third-order valence-corrected chi connectivity index (χ3v) is 8.15. The van der Waals surface area contributed by atoms with Crippen LogP contribution in [0.3, 0.4) is 0 Å². The predicted octanol–water partition coefficient (Wildman–Crippen LogP) is 5.27. The van der Waals surface area contributed by atoms with Crippen LogP contribution in [0.4, 0.5) is 0 Å². The van der Waals surface area contributed by atoms with E-state index in [1.807, 2.05) is 0 Å². The van der Waals surface area contributed by atoms with Crippen LogP contribution in [0.5, 0.6) is 0 Å². The molecule has 1 heterocycles. The molecular formula is C28H52O6. The van der Waals surface area contributed by atoms with E-state index in [4.69, 9.17) is 28.4 Å². The zero-order valence-electron chi connectivity index (χ0n) is 22.8. The van der Waals surface area contributed by atoms with Crippen LogP contribution < -0.4 is 0 Å². The lowest BCUT2D eigenvalue weighted by Gasteiger charge is -2.41. The highest BCUT2D eigenvalue weighted by Gasteiger charge is 2.38. The molecule has 6 heteroatoms. The van der Waals surface area contributed by atoms with Crippen molar-refractivity contribution in [3.05, 3.63) is 0 Å². The fourth-order valence-electron chi connectivity index (χ4n) is 5.75. The van der Waals surface area contributed by atoms with Crippen molar-refractivity contribution < 1.29 is 28.4 Å². The Kier molecular flexibility index (Phi) is 11.1. The molecule has 0 aromatic rings. The minimum absolute atomic E-state index is 0.123. The van der Waals surface area contributed by atoms with Gasteiger partial charge in [-0.15, -0.1) is 0 Å². The summed E-state index contributed by atoms with van der Waals surface area (Å²) >= 11 is 0. The molecule has 2 saturated carbocycles. The normalized spacial score (nSPS) is 36.5. The van der Waals surface area contributed by atoms with Crippen LogP contribution >= 0.6 is 0 Å². The molecule has 0 amide bonds. The van der Waals surface area contributed by atoms with Crippen LogP contribution in [-0.4, -0.2) is 77.3 Å².